The van der Waals surface area contributed by atoms with Crippen LogP contribution in [0.2, 0.25) is 0 Å². The van der Waals surface area contributed by atoms with Crippen LogP contribution in [0.5, 0.6) is 0 Å². The van der Waals surface area contributed by atoms with Gasteiger partial charge in [-0.05, 0) is 76.8 Å². The average molecular weight is 457 g/mol. The predicted molar refractivity (Wildman–Crippen MR) is 158 cm³/mol. The molecule has 0 N–H and O–H groups in total. The van der Waals surface area contributed by atoms with Crippen molar-refractivity contribution in [3.05, 3.63) is 146 Å². The number of hydrogen-bond acceptors (Lipinski definition) is 0. The second-order valence-corrected chi connectivity index (χ2v) is 9.47. The molecular formula is C36H24. The third-order valence-electron chi connectivity index (χ3n) is 7.26. The maximum Gasteiger partial charge on any atom is -0.0178 e. The molecule has 13 aromatic rings. The summed E-state index contributed by atoms with van der Waals surface area (Å²) in [6.45, 7) is 0. The zero-order valence-electron chi connectivity index (χ0n) is 19.9. The third-order valence-corrected chi connectivity index (χ3v) is 7.26. The Hall–Kier alpha value is -4.68. The van der Waals surface area contributed by atoms with Crippen molar-refractivity contribution in [2.75, 3.05) is 0 Å². The Kier molecular flexibility index (Phi) is 4.89. The highest BCUT2D eigenvalue weighted by atomic mass is 14.0. The Morgan fingerprint density at radius 2 is 0.333 bits per heavy atom. The van der Waals surface area contributed by atoms with Gasteiger partial charge in [0.1, 0.15) is 0 Å². The van der Waals surface area contributed by atoms with Gasteiger partial charge in [-0.3, -0.25) is 0 Å². The molecule has 13 rings (SSSR count). The first-order valence-electron chi connectivity index (χ1n) is 12.4. The van der Waals surface area contributed by atoms with E-state index in [1.54, 1.807) is 0 Å². The van der Waals surface area contributed by atoms with Gasteiger partial charge in [-0.15, -0.1) is 0 Å². The molecule has 0 aliphatic carbocycles. The van der Waals surface area contributed by atoms with Crippen molar-refractivity contribution in [2.24, 2.45) is 0 Å². The monoisotopic (exact) mass is 456 g/mol. The Morgan fingerprint density at radius 1 is 0.167 bits per heavy atom. The molecule has 0 atom stereocenters. The zero-order valence-corrected chi connectivity index (χ0v) is 19.9. The fourth-order valence-corrected chi connectivity index (χ4v) is 5.18. The summed E-state index contributed by atoms with van der Waals surface area (Å²) in [5.41, 5.74) is 0. The van der Waals surface area contributed by atoms with Crippen LogP contribution >= 0.6 is 0 Å². The molecule has 0 fully saturated rings. The Labute approximate surface area is 210 Å². The molecule has 0 aliphatic rings. The van der Waals surface area contributed by atoms with E-state index in [0.717, 1.165) is 0 Å². The predicted octanol–water partition coefficient (Wildman–Crippen LogP) is 10.3. The zero-order chi connectivity index (χ0) is 23.9. The highest BCUT2D eigenvalue weighted by Crippen LogP contribution is 2.24. The molecule has 0 aromatic heterocycles. The summed E-state index contributed by atoms with van der Waals surface area (Å²) in [6, 6.07) is 53.2. The van der Waals surface area contributed by atoms with Crippen molar-refractivity contribution in [1.29, 1.82) is 0 Å². The molecular weight excluding hydrogens is 432 g/mol. The fraction of sp³-hybridized carbons (Fsp3) is 0. The summed E-state index contributed by atoms with van der Waals surface area (Å²) >= 11 is 0. The second kappa shape index (κ2) is 8.52. The normalized spacial score (nSPS) is 11.3. The van der Waals surface area contributed by atoms with Gasteiger partial charge in [0.15, 0.2) is 0 Å². The van der Waals surface area contributed by atoms with Gasteiger partial charge in [0.05, 0.1) is 0 Å². The van der Waals surface area contributed by atoms with E-state index in [1.165, 1.54) is 64.6 Å². The van der Waals surface area contributed by atoms with E-state index in [-0.39, 0.29) is 0 Å². The molecule has 0 unspecified atom stereocenters. The Morgan fingerprint density at radius 3 is 0.528 bits per heavy atom. The van der Waals surface area contributed by atoms with Gasteiger partial charge >= 0.3 is 0 Å². The summed E-state index contributed by atoms with van der Waals surface area (Å²) in [5, 5.41) is 14.8. The number of hydrogen-bond donors (Lipinski definition) is 0. The van der Waals surface area contributed by atoms with Crippen molar-refractivity contribution in [1.82, 2.24) is 0 Å². The summed E-state index contributed by atoms with van der Waals surface area (Å²) in [7, 11) is 0. The van der Waals surface area contributed by atoms with Crippen LogP contribution in [-0.4, -0.2) is 0 Å². The van der Waals surface area contributed by atoms with E-state index in [1.807, 2.05) is 0 Å². The van der Waals surface area contributed by atoms with Gasteiger partial charge in [0.2, 0.25) is 0 Å². The molecule has 0 amide bonds. The minimum absolute atomic E-state index is 1.23. The van der Waals surface area contributed by atoms with E-state index in [0.29, 0.717) is 0 Å². The maximum absolute atomic E-state index is 2.29. The van der Waals surface area contributed by atoms with E-state index in [4.69, 9.17) is 0 Å². The van der Waals surface area contributed by atoms with Crippen LogP contribution in [0.15, 0.2) is 146 Å². The molecule has 36 heavy (non-hydrogen) atoms. The summed E-state index contributed by atoms with van der Waals surface area (Å²) < 4.78 is 0. The van der Waals surface area contributed by atoms with Crippen LogP contribution in [0, 0.1) is 0 Å². The third kappa shape index (κ3) is 3.74. The molecule has 0 heterocycles. The molecule has 12 bridgehead atoms. The van der Waals surface area contributed by atoms with E-state index in [2.05, 4.69) is 146 Å². The molecule has 0 saturated carbocycles. The highest BCUT2D eigenvalue weighted by molar-refractivity contribution is 5.97. The summed E-state index contributed by atoms with van der Waals surface area (Å²) in [4.78, 5) is 0. The molecule has 0 heteroatoms. The van der Waals surface area contributed by atoms with Crippen LogP contribution in [0.4, 0.5) is 0 Å². The molecule has 0 spiro atoms. The van der Waals surface area contributed by atoms with Crippen molar-refractivity contribution in [2.45, 2.75) is 0 Å². The molecule has 0 radical (unpaired) electrons. The topological polar surface area (TPSA) is 0 Å². The Bertz CT molecular complexity index is 1670. The lowest BCUT2D eigenvalue weighted by molar-refractivity contribution is 1.77. The SMILES string of the molecule is c1cc2cc(c1)c1ccc(cc1)c1ccc(cc1)c1cccc(c1)c1ccc(cc1)c1ccc2cc1. The van der Waals surface area contributed by atoms with Crippen LogP contribution in [0.3, 0.4) is 0 Å². The van der Waals surface area contributed by atoms with Gasteiger partial charge in [0, 0.05) is 0 Å². The first kappa shape index (κ1) is 20.7. The molecule has 0 saturated heterocycles. The van der Waals surface area contributed by atoms with Crippen molar-refractivity contribution >= 4 is 64.6 Å². The summed E-state index contributed by atoms with van der Waals surface area (Å²) in [5.74, 6) is 0. The van der Waals surface area contributed by atoms with E-state index >= 15 is 0 Å². The number of benzene rings is 6. The fourth-order valence-electron chi connectivity index (χ4n) is 5.18. The minimum Gasteiger partial charge on any atom is -0.0610 e. The quantitative estimate of drug-likeness (QED) is 0.213. The van der Waals surface area contributed by atoms with Crippen LogP contribution in [0.25, 0.3) is 64.6 Å². The summed E-state index contributed by atoms with van der Waals surface area (Å²) in [6.07, 6.45) is 0. The minimum atomic E-state index is 1.23. The lowest BCUT2D eigenvalue weighted by Crippen LogP contribution is -1.75. The van der Waals surface area contributed by atoms with Gasteiger partial charge < -0.3 is 0 Å². The van der Waals surface area contributed by atoms with E-state index in [9.17, 15) is 0 Å². The van der Waals surface area contributed by atoms with Crippen LogP contribution in [0.1, 0.15) is 0 Å². The smallest absolute Gasteiger partial charge is 0.0178 e. The largest absolute Gasteiger partial charge is 0.0610 e. The van der Waals surface area contributed by atoms with Gasteiger partial charge in [-0.1, -0.05) is 133 Å². The van der Waals surface area contributed by atoms with Crippen LogP contribution < -0.4 is 0 Å². The van der Waals surface area contributed by atoms with E-state index < -0.39 is 0 Å². The van der Waals surface area contributed by atoms with Crippen molar-refractivity contribution < 1.29 is 0 Å². The molecule has 0 aliphatic heterocycles. The lowest BCUT2D eigenvalue weighted by atomic mass is 10.0. The lowest BCUT2D eigenvalue weighted by Gasteiger charge is -2.01. The van der Waals surface area contributed by atoms with Crippen molar-refractivity contribution in [3.8, 4) is 0 Å². The first-order valence-corrected chi connectivity index (χ1v) is 12.4. The number of rotatable bonds is 0. The van der Waals surface area contributed by atoms with Crippen molar-refractivity contribution in [3.63, 3.8) is 0 Å². The van der Waals surface area contributed by atoms with Gasteiger partial charge in [-0.2, -0.15) is 0 Å². The maximum atomic E-state index is 2.29. The average Bonchev–Trinajstić information content (AvgIpc) is 2.97. The second-order valence-electron chi connectivity index (χ2n) is 9.47. The van der Waals surface area contributed by atoms with Crippen LogP contribution in [-0.2, 0) is 0 Å². The molecule has 0 nitrogen and oxygen atoms in total. The molecule has 13 aromatic carbocycles. The van der Waals surface area contributed by atoms with Gasteiger partial charge in [-0.25, -0.2) is 0 Å². The standard InChI is InChI=1S/C36H24/c1-3-33-23-34(4-1)30-17-9-26(10-18-30)28-13-21-32(22-14-28)36-6-2-5-35(24-36)31-19-11-27(12-20-31)25-7-15-29(33)16-8-25/h1-24H. The Balaban J connectivity index is 1.58. The first-order chi connectivity index (χ1) is 17.8. The molecule has 168 valence electrons. The highest BCUT2D eigenvalue weighted by Gasteiger charge is 1.97. The van der Waals surface area contributed by atoms with Gasteiger partial charge in [0.25, 0.3) is 0 Å².